The number of anilines is 1. The average molecular weight is 494 g/mol. The third kappa shape index (κ3) is 5.02. The topological polar surface area (TPSA) is 59.1 Å². The molecule has 5 rings (SSSR count). The fourth-order valence-electron chi connectivity index (χ4n) is 5.08. The molecule has 184 valence electrons. The van der Waals surface area contributed by atoms with Crippen LogP contribution < -0.4 is 10.3 Å². The Labute approximate surface area is 211 Å². The zero-order chi connectivity index (χ0) is 24.5. The second-order valence-electron chi connectivity index (χ2n) is 9.61. The first-order valence-electron chi connectivity index (χ1n) is 12.3. The van der Waals surface area contributed by atoms with Crippen molar-refractivity contribution in [2.24, 2.45) is 0 Å². The number of amides is 2. The van der Waals surface area contributed by atoms with E-state index >= 15 is 0 Å². The van der Waals surface area contributed by atoms with Crippen LogP contribution in [0.3, 0.4) is 0 Å². The zero-order valence-corrected chi connectivity index (χ0v) is 21.0. The van der Waals surface area contributed by atoms with Crippen LogP contribution in [0.4, 0.5) is 5.69 Å². The molecule has 2 atom stereocenters. The SMILES string of the molecule is Cc1ccc(C2CC3C(=O)N(CCC(=O)N4CCN(c5cccc(Cl)c5)CC4)C=CN3N2)cc1C. The number of aryl methyl sites for hydroxylation is 2. The molecule has 0 aromatic heterocycles. The van der Waals surface area contributed by atoms with Gasteiger partial charge in [-0.3, -0.25) is 9.59 Å². The minimum atomic E-state index is -0.247. The Morgan fingerprint density at radius 2 is 1.83 bits per heavy atom. The first-order valence-corrected chi connectivity index (χ1v) is 12.7. The van der Waals surface area contributed by atoms with Crippen LogP contribution in [0.15, 0.2) is 54.9 Å². The van der Waals surface area contributed by atoms with E-state index in [9.17, 15) is 9.59 Å². The van der Waals surface area contributed by atoms with Gasteiger partial charge in [0, 0.05) is 62.3 Å². The van der Waals surface area contributed by atoms with Gasteiger partial charge >= 0.3 is 0 Å². The Balaban J connectivity index is 1.12. The summed E-state index contributed by atoms with van der Waals surface area (Å²) in [6.07, 6.45) is 4.75. The smallest absolute Gasteiger partial charge is 0.250 e. The van der Waals surface area contributed by atoms with E-state index in [-0.39, 0.29) is 23.9 Å². The summed E-state index contributed by atoms with van der Waals surface area (Å²) in [7, 11) is 0. The molecule has 7 nitrogen and oxygen atoms in total. The van der Waals surface area contributed by atoms with Gasteiger partial charge in [0.1, 0.15) is 6.04 Å². The molecular formula is C27H32ClN5O2. The van der Waals surface area contributed by atoms with Crippen LogP contribution in [0.2, 0.25) is 5.02 Å². The first-order chi connectivity index (χ1) is 16.9. The monoisotopic (exact) mass is 493 g/mol. The molecule has 1 N–H and O–H groups in total. The number of halogens is 1. The van der Waals surface area contributed by atoms with Crippen LogP contribution >= 0.6 is 11.6 Å². The lowest BCUT2D eigenvalue weighted by molar-refractivity contribution is -0.136. The van der Waals surface area contributed by atoms with Crippen LogP contribution in [-0.2, 0) is 9.59 Å². The number of hydrogen-bond acceptors (Lipinski definition) is 5. The molecule has 0 spiro atoms. The summed E-state index contributed by atoms with van der Waals surface area (Å²) in [6.45, 7) is 7.52. The van der Waals surface area contributed by atoms with E-state index in [1.54, 1.807) is 11.1 Å². The lowest BCUT2D eigenvalue weighted by Crippen LogP contribution is -2.50. The Morgan fingerprint density at radius 1 is 1.03 bits per heavy atom. The number of carbonyl (C=O) groups excluding carboxylic acids is 2. The second kappa shape index (κ2) is 9.91. The maximum atomic E-state index is 13.2. The summed E-state index contributed by atoms with van der Waals surface area (Å²) in [6, 6.07) is 14.1. The Kier molecular flexibility index (Phi) is 6.71. The van der Waals surface area contributed by atoms with Gasteiger partial charge in [0.05, 0.1) is 6.04 Å². The van der Waals surface area contributed by atoms with Crippen LogP contribution in [0.25, 0.3) is 0 Å². The molecule has 2 saturated heterocycles. The van der Waals surface area contributed by atoms with Crippen molar-refractivity contribution in [2.75, 3.05) is 37.6 Å². The summed E-state index contributed by atoms with van der Waals surface area (Å²) < 4.78 is 0. The average Bonchev–Trinajstić information content (AvgIpc) is 3.30. The number of benzene rings is 2. The number of nitrogens with one attached hydrogen (secondary N) is 1. The Bertz CT molecular complexity index is 1140. The van der Waals surface area contributed by atoms with Gasteiger partial charge < -0.3 is 19.7 Å². The largest absolute Gasteiger partial charge is 0.368 e. The minimum absolute atomic E-state index is 0.0462. The summed E-state index contributed by atoms with van der Waals surface area (Å²) in [4.78, 5) is 31.9. The predicted molar refractivity (Wildman–Crippen MR) is 138 cm³/mol. The van der Waals surface area contributed by atoms with Crippen molar-refractivity contribution < 1.29 is 9.59 Å². The molecular weight excluding hydrogens is 462 g/mol. The number of hydrogen-bond donors (Lipinski definition) is 1. The molecule has 2 unspecified atom stereocenters. The molecule has 3 aliphatic heterocycles. The summed E-state index contributed by atoms with van der Waals surface area (Å²) in [5, 5.41) is 2.63. The quantitative estimate of drug-likeness (QED) is 0.689. The summed E-state index contributed by atoms with van der Waals surface area (Å²) in [5.74, 6) is 0.141. The number of hydrazine groups is 1. The molecule has 2 amide bonds. The molecule has 35 heavy (non-hydrogen) atoms. The van der Waals surface area contributed by atoms with E-state index in [1.165, 1.54) is 16.7 Å². The molecule has 0 aliphatic carbocycles. The fourth-order valence-corrected chi connectivity index (χ4v) is 5.27. The van der Waals surface area contributed by atoms with Gasteiger partial charge in [-0.05, 0) is 55.2 Å². The van der Waals surface area contributed by atoms with E-state index in [0.29, 0.717) is 32.5 Å². The third-order valence-electron chi connectivity index (χ3n) is 7.38. The zero-order valence-electron chi connectivity index (χ0n) is 20.3. The molecule has 0 saturated carbocycles. The van der Waals surface area contributed by atoms with Crippen molar-refractivity contribution >= 4 is 29.1 Å². The predicted octanol–water partition coefficient (Wildman–Crippen LogP) is 3.63. The highest BCUT2D eigenvalue weighted by atomic mass is 35.5. The minimum Gasteiger partial charge on any atom is -0.368 e. The number of nitrogens with zero attached hydrogens (tertiary/aromatic N) is 4. The van der Waals surface area contributed by atoms with Gasteiger partial charge in [0.15, 0.2) is 0 Å². The molecule has 0 bridgehead atoms. The number of rotatable bonds is 5. The second-order valence-corrected chi connectivity index (χ2v) is 10.0. The third-order valence-corrected chi connectivity index (χ3v) is 7.62. The molecule has 0 radical (unpaired) electrons. The molecule has 2 aromatic carbocycles. The van der Waals surface area contributed by atoms with Gasteiger partial charge in [-0.1, -0.05) is 35.9 Å². The van der Waals surface area contributed by atoms with Crippen LogP contribution in [0.5, 0.6) is 0 Å². The maximum absolute atomic E-state index is 13.2. The molecule has 3 heterocycles. The fraction of sp³-hybridized carbons (Fsp3) is 0.407. The van der Waals surface area contributed by atoms with Crippen LogP contribution in [-0.4, -0.2) is 65.4 Å². The highest BCUT2D eigenvalue weighted by molar-refractivity contribution is 6.30. The van der Waals surface area contributed by atoms with Crippen molar-refractivity contribution in [3.8, 4) is 0 Å². The van der Waals surface area contributed by atoms with Crippen molar-refractivity contribution in [3.63, 3.8) is 0 Å². The normalized spacial score (nSPS) is 22.1. The van der Waals surface area contributed by atoms with Crippen molar-refractivity contribution in [1.82, 2.24) is 20.2 Å². The standard InChI is InChI=1S/C27H32ClN5O2/c1-19-6-7-21(16-20(19)2)24-18-25-27(35)32(14-15-33(25)29-24)9-8-26(34)31-12-10-30(11-13-31)23-5-3-4-22(28)17-23/h3-7,14-17,24-25,29H,8-13,18H2,1-2H3. The van der Waals surface area contributed by atoms with Gasteiger partial charge in [0.25, 0.3) is 5.91 Å². The van der Waals surface area contributed by atoms with Crippen LogP contribution in [0.1, 0.15) is 35.6 Å². The van der Waals surface area contributed by atoms with E-state index in [2.05, 4.69) is 42.4 Å². The maximum Gasteiger partial charge on any atom is 0.250 e. The summed E-state index contributed by atoms with van der Waals surface area (Å²) in [5.41, 5.74) is 8.26. The Morgan fingerprint density at radius 3 is 2.57 bits per heavy atom. The van der Waals surface area contributed by atoms with Crippen LogP contribution in [0, 0.1) is 13.8 Å². The number of carbonyl (C=O) groups is 2. The first kappa shape index (κ1) is 23.7. The van der Waals surface area contributed by atoms with E-state index in [1.807, 2.05) is 40.4 Å². The lowest BCUT2D eigenvalue weighted by atomic mass is 9.97. The highest BCUT2D eigenvalue weighted by Crippen LogP contribution is 2.31. The van der Waals surface area contributed by atoms with Crippen molar-refractivity contribution in [2.45, 2.75) is 38.8 Å². The number of fused-ring (bicyclic) bond motifs is 1. The molecule has 2 fully saturated rings. The molecule has 2 aromatic rings. The van der Waals surface area contributed by atoms with Crippen molar-refractivity contribution in [1.29, 1.82) is 0 Å². The van der Waals surface area contributed by atoms with E-state index in [4.69, 9.17) is 11.6 Å². The molecule has 8 heteroatoms. The summed E-state index contributed by atoms with van der Waals surface area (Å²) >= 11 is 6.12. The molecule has 3 aliphatic rings. The Hall–Kier alpha value is -3.03. The van der Waals surface area contributed by atoms with Gasteiger partial charge in [-0.25, -0.2) is 5.43 Å². The van der Waals surface area contributed by atoms with Gasteiger partial charge in [-0.15, -0.1) is 0 Å². The van der Waals surface area contributed by atoms with Crippen molar-refractivity contribution in [3.05, 3.63) is 76.6 Å². The van der Waals surface area contributed by atoms with Gasteiger partial charge in [0.2, 0.25) is 5.91 Å². The van der Waals surface area contributed by atoms with E-state index in [0.717, 1.165) is 23.8 Å². The number of piperazine rings is 1. The lowest BCUT2D eigenvalue weighted by Gasteiger charge is -2.37. The van der Waals surface area contributed by atoms with E-state index < -0.39 is 0 Å². The highest BCUT2D eigenvalue weighted by Gasteiger charge is 2.40. The van der Waals surface area contributed by atoms with Gasteiger partial charge in [-0.2, -0.15) is 0 Å².